The largest absolute Gasteiger partial charge is 1.00 e. The minimum atomic E-state index is -1.53. The van der Waals surface area contributed by atoms with Crippen LogP contribution in [0.25, 0.3) is 5.69 Å². The van der Waals surface area contributed by atoms with Gasteiger partial charge >= 0.3 is 51.4 Å². The normalized spacial score (nSPS) is 10.1. The standard InChI is InChI=1S/C13H13BrN4O3.K/c1-2-6-5-7(14)3-4-8(6)18-11(13(20)21)9(15)10(17-18)12(16)19;/h3-5H,2,15H2,1H3,(H2,16,19)(H,20,21);/q;+1/p-1. The fourth-order valence-electron chi connectivity index (χ4n) is 2.03. The second-order valence-corrected chi connectivity index (χ2v) is 5.22. The average Bonchev–Trinajstić information content (AvgIpc) is 2.76. The van der Waals surface area contributed by atoms with Crippen molar-refractivity contribution in [3.05, 3.63) is 39.6 Å². The number of nitrogens with two attached hydrogens (primary N) is 2. The molecule has 0 aliphatic heterocycles. The number of carbonyl (C=O) groups is 2. The summed E-state index contributed by atoms with van der Waals surface area (Å²) in [5.41, 5.74) is 11.1. The van der Waals surface area contributed by atoms with Crippen molar-refractivity contribution in [3.63, 3.8) is 0 Å². The fourth-order valence-corrected chi connectivity index (χ4v) is 2.44. The molecule has 9 heteroatoms. The Labute approximate surface area is 177 Å². The van der Waals surface area contributed by atoms with Crippen LogP contribution in [-0.4, -0.2) is 21.7 Å². The molecule has 0 unspecified atom stereocenters. The van der Waals surface area contributed by atoms with Gasteiger partial charge < -0.3 is 21.4 Å². The smallest absolute Gasteiger partial charge is 0.543 e. The minimum Gasteiger partial charge on any atom is -0.543 e. The predicted molar refractivity (Wildman–Crippen MR) is 77.9 cm³/mol. The summed E-state index contributed by atoms with van der Waals surface area (Å²) >= 11 is 3.34. The summed E-state index contributed by atoms with van der Waals surface area (Å²) in [5, 5.41) is 15.2. The number of nitrogen functional groups attached to an aromatic ring is 1. The number of carboxylic acid groups (broad SMARTS) is 1. The van der Waals surface area contributed by atoms with Crippen LogP contribution in [0.15, 0.2) is 22.7 Å². The van der Waals surface area contributed by atoms with Gasteiger partial charge in [0.2, 0.25) is 0 Å². The van der Waals surface area contributed by atoms with Crippen molar-refractivity contribution in [2.75, 3.05) is 5.73 Å². The van der Waals surface area contributed by atoms with Crippen LogP contribution in [0.1, 0.15) is 33.5 Å². The number of halogens is 1. The number of aryl methyl sites for hydroxylation is 1. The summed E-state index contributed by atoms with van der Waals surface area (Å²) < 4.78 is 1.92. The van der Waals surface area contributed by atoms with Crippen molar-refractivity contribution >= 4 is 33.5 Å². The number of carboxylic acids is 1. The van der Waals surface area contributed by atoms with Crippen LogP contribution in [0.3, 0.4) is 0 Å². The van der Waals surface area contributed by atoms with Crippen molar-refractivity contribution in [1.29, 1.82) is 0 Å². The van der Waals surface area contributed by atoms with E-state index in [4.69, 9.17) is 11.5 Å². The molecule has 1 amide bonds. The number of hydrogen-bond acceptors (Lipinski definition) is 5. The van der Waals surface area contributed by atoms with Gasteiger partial charge in [0.25, 0.3) is 5.91 Å². The molecule has 0 aliphatic carbocycles. The zero-order valence-corrected chi connectivity index (χ0v) is 16.8. The number of aromatic carboxylic acids is 1. The quantitative estimate of drug-likeness (QED) is 0.546. The van der Waals surface area contributed by atoms with E-state index in [1.54, 1.807) is 12.1 Å². The molecule has 4 N–H and O–H groups in total. The molecular weight excluding hydrogens is 379 g/mol. The molecule has 0 saturated heterocycles. The molecule has 0 spiro atoms. The Kier molecular flexibility index (Phi) is 6.77. The van der Waals surface area contributed by atoms with Crippen molar-refractivity contribution in [2.45, 2.75) is 13.3 Å². The summed E-state index contributed by atoms with van der Waals surface area (Å²) in [6.07, 6.45) is 0.632. The topological polar surface area (TPSA) is 127 Å². The minimum absolute atomic E-state index is 0. The zero-order valence-electron chi connectivity index (χ0n) is 12.1. The van der Waals surface area contributed by atoms with Gasteiger partial charge in [0, 0.05) is 4.47 Å². The van der Waals surface area contributed by atoms with E-state index in [-0.39, 0.29) is 68.5 Å². The van der Waals surface area contributed by atoms with Crippen molar-refractivity contribution in [1.82, 2.24) is 9.78 Å². The van der Waals surface area contributed by atoms with Gasteiger partial charge in [0.1, 0.15) is 5.69 Å². The number of anilines is 1. The Balaban J connectivity index is 0.00000242. The maximum atomic E-state index is 11.3. The Hall–Kier alpha value is -0.714. The van der Waals surface area contributed by atoms with Crippen molar-refractivity contribution < 1.29 is 66.1 Å². The predicted octanol–water partition coefficient (Wildman–Crippen LogP) is -2.75. The summed E-state index contributed by atoms with van der Waals surface area (Å²) in [4.78, 5) is 22.6. The summed E-state index contributed by atoms with van der Waals surface area (Å²) in [6.45, 7) is 1.91. The third kappa shape index (κ3) is 3.61. The van der Waals surface area contributed by atoms with Crippen LogP contribution in [0.5, 0.6) is 0 Å². The van der Waals surface area contributed by atoms with E-state index in [0.29, 0.717) is 12.1 Å². The molecule has 0 bridgehead atoms. The number of benzene rings is 1. The van der Waals surface area contributed by atoms with Crippen molar-refractivity contribution in [2.24, 2.45) is 5.73 Å². The molecular formula is C13H12BrKN4O3. The maximum Gasteiger partial charge on any atom is 1.00 e. The van der Waals surface area contributed by atoms with E-state index in [9.17, 15) is 14.7 Å². The van der Waals surface area contributed by atoms with E-state index >= 15 is 0 Å². The second-order valence-electron chi connectivity index (χ2n) is 4.30. The average molecular weight is 391 g/mol. The van der Waals surface area contributed by atoms with E-state index in [1.807, 2.05) is 13.0 Å². The van der Waals surface area contributed by atoms with Crippen LogP contribution in [-0.2, 0) is 6.42 Å². The number of nitrogens with zero attached hydrogens (tertiary/aromatic N) is 2. The van der Waals surface area contributed by atoms with Gasteiger partial charge in [-0.2, -0.15) is 5.10 Å². The number of hydrogen-bond donors (Lipinski definition) is 2. The first-order chi connectivity index (χ1) is 9.86. The van der Waals surface area contributed by atoms with Crippen LogP contribution in [0, 0.1) is 0 Å². The van der Waals surface area contributed by atoms with E-state index in [1.165, 1.54) is 0 Å². The third-order valence-corrected chi connectivity index (χ3v) is 3.49. The van der Waals surface area contributed by atoms with Gasteiger partial charge in [-0.25, -0.2) is 4.68 Å². The molecule has 0 aliphatic rings. The van der Waals surface area contributed by atoms with Gasteiger partial charge in [-0.1, -0.05) is 22.9 Å². The van der Waals surface area contributed by atoms with Gasteiger partial charge in [-0.15, -0.1) is 0 Å². The molecule has 1 aromatic carbocycles. The molecule has 2 aromatic rings. The molecule has 1 heterocycles. The van der Waals surface area contributed by atoms with E-state index in [2.05, 4.69) is 21.0 Å². The monoisotopic (exact) mass is 390 g/mol. The second kappa shape index (κ2) is 7.71. The summed E-state index contributed by atoms with van der Waals surface area (Å²) in [6, 6.07) is 5.23. The fraction of sp³-hybridized carbons (Fsp3) is 0.154. The summed E-state index contributed by atoms with van der Waals surface area (Å²) in [7, 11) is 0. The van der Waals surface area contributed by atoms with E-state index < -0.39 is 11.9 Å². The number of carbonyl (C=O) groups excluding carboxylic acids is 2. The first kappa shape index (κ1) is 19.3. The Morgan fingerprint density at radius 2 is 2.05 bits per heavy atom. The Morgan fingerprint density at radius 1 is 1.41 bits per heavy atom. The Morgan fingerprint density at radius 3 is 2.55 bits per heavy atom. The van der Waals surface area contributed by atoms with Crippen molar-refractivity contribution in [3.8, 4) is 5.69 Å². The molecule has 2 rings (SSSR count). The molecule has 22 heavy (non-hydrogen) atoms. The van der Waals surface area contributed by atoms with Crippen LogP contribution in [0.4, 0.5) is 5.69 Å². The van der Waals surface area contributed by atoms with Crippen LogP contribution in [0.2, 0.25) is 0 Å². The van der Waals surface area contributed by atoms with Crippen LogP contribution >= 0.6 is 15.9 Å². The molecule has 110 valence electrons. The first-order valence-corrected chi connectivity index (χ1v) is 6.84. The molecule has 0 atom stereocenters. The molecule has 1 aromatic heterocycles. The first-order valence-electron chi connectivity index (χ1n) is 6.05. The number of primary amides is 1. The molecule has 0 radical (unpaired) electrons. The molecule has 7 nitrogen and oxygen atoms in total. The van der Waals surface area contributed by atoms with Gasteiger partial charge in [0.05, 0.1) is 17.3 Å². The van der Waals surface area contributed by atoms with Gasteiger partial charge in [0.15, 0.2) is 5.69 Å². The molecule has 0 fully saturated rings. The van der Waals surface area contributed by atoms with Gasteiger partial charge in [-0.05, 0) is 30.2 Å². The number of aromatic nitrogens is 2. The number of amides is 1. The van der Waals surface area contributed by atoms with Crippen LogP contribution < -0.4 is 68.0 Å². The third-order valence-electron chi connectivity index (χ3n) is 3.00. The molecule has 0 saturated carbocycles. The Bertz CT molecular complexity index is 745. The van der Waals surface area contributed by atoms with E-state index in [0.717, 1.165) is 14.7 Å². The zero-order chi connectivity index (χ0) is 15.7. The summed E-state index contributed by atoms with van der Waals surface area (Å²) in [5.74, 6) is -2.43. The number of rotatable bonds is 4. The van der Waals surface area contributed by atoms with Gasteiger partial charge in [-0.3, -0.25) is 4.79 Å². The SMILES string of the molecule is CCc1cc(Br)ccc1-n1nc(C(N)=O)c(N)c1C(=O)[O-].[K+]. The maximum absolute atomic E-state index is 11.3.